The first-order valence-electron chi connectivity index (χ1n) is 14.6. The quantitative estimate of drug-likeness (QED) is 0.192. The summed E-state index contributed by atoms with van der Waals surface area (Å²) in [6, 6.07) is 24.5. The van der Waals surface area contributed by atoms with Gasteiger partial charge in [0.25, 0.3) is 0 Å². The van der Waals surface area contributed by atoms with Crippen LogP contribution in [-0.4, -0.2) is 62.7 Å². The minimum absolute atomic E-state index is 0.354. The van der Waals surface area contributed by atoms with Crippen LogP contribution in [0.3, 0.4) is 0 Å². The van der Waals surface area contributed by atoms with Gasteiger partial charge >= 0.3 is 6.18 Å². The number of nitrogens with zero attached hydrogens (tertiary/aromatic N) is 6. The van der Waals surface area contributed by atoms with Crippen LogP contribution >= 0.6 is 0 Å². The molecule has 0 aliphatic carbocycles. The molecule has 2 aromatic heterocycles. The molecule has 1 fully saturated rings. The number of furan rings is 1. The zero-order chi connectivity index (χ0) is 30.7. The van der Waals surface area contributed by atoms with Crippen molar-refractivity contribution >= 4 is 6.08 Å². The number of aromatic nitrogens is 4. The minimum atomic E-state index is -4.45. The average molecular weight is 599 g/mol. The summed E-state index contributed by atoms with van der Waals surface area (Å²) in [5, 5.41) is 12.9. The van der Waals surface area contributed by atoms with Crippen LogP contribution in [0.5, 0.6) is 0 Å². The summed E-state index contributed by atoms with van der Waals surface area (Å²) in [6.45, 7) is 7.95. The Morgan fingerprint density at radius 2 is 1.59 bits per heavy atom. The average Bonchev–Trinajstić information content (AvgIpc) is 3.69. The van der Waals surface area contributed by atoms with Gasteiger partial charge in [0, 0.05) is 38.3 Å². The van der Waals surface area contributed by atoms with Gasteiger partial charge in [0.2, 0.25) is 0 Å². The smallest absolute Gasteiger partial charge is 0.416 e. The van der Waals surface area contributed by atoms with E-state index >= 15 is 0 Å². The lowest BCUT2D eigenvalue weighted by Crippen LogP contribution is -2.48. The number of piperazine rings is 1. The zero-order valence-electron chi connectivity index (χ0n) is 24.6. The molecule has 0 amide bonds. The lowest BCUT2D eigenvalue weighted by Gasteiger charge is -2.37. The van der Waals surface area contributed by atoms with E-state index in [2.05, 4.69) is 49.6 Å². The van der Waals surface area contributed by atoms with E-state index in [0.717, 1.165) is 61.7 Å². The van der Waals surface area contributed by atoms with Crippen LogP contribution in [0.1, 0.15) is 39.9 Å². The molecule has 3 heterocycles. The van der Waals surface area contributed by atoms with E-state index in [1.54, 1.807) is 16.8 Å². The van der Waals surface area contributed by atoms with E-state index in [1.165, 1.54) is 11.6 Å². The van der Waals surface area contributed by atoms with Crippen molar-refractivity contribution in [1.29, 1.82) is 0 Å². The number of tetrazole rings is 1. The molecule has 1 aliphatic heterocycles. The van der Waals surface area contributed by atoms with E-state index in [0.29, 0.717) is 22.9 Å². The summed E-state index contributed by atoms with van der Waals surface area (Å²) in [7, 11) is 0. The van der Waals surface area contributed by atoms with Gasteiger partial charge in [-0.2, -0.15) is 17.9 Å². The summed E-state index contributed by atoms with van der Waals surface area (Å²) in [4.78, 5) is 4.67. The molecular formula is C34H33F3N6O. The second kappa shape index (κ2) is 12.6. The predicted molar refractivity (Wildman–Crippen MR) is 163 cm³/mol. The van der Waals surface area contributed by atoms with E-state index in [4.69, 9.17) is 4.42 Å². The van der Waals surface area contributed by atoms with Crippen molar-refractivity contribution < 1.29 is 17.6 Å². The van der Waals surface area contributed by atoms with Gasteiger partial charge in [0.05, 0.1) is 11.3 Å². The SMILES string of the molecule is Cc1cccc(C)c1-n1nnnc1[C@H](c1ccc(-c2cccc(C(F)(F)F)c2)o1)N1CCN(C/C=C/c2ccccc2)CC1. The van der Waals surface area contributed by atoms with Gasteiger partial charge in [-0.15, -0.1) is 5.10 Å². The highest BCUT2D eigenvalue weighted by Crippen LogP contribution is 2.36. The molecule has 1 saturated heterocycles. The van der Waals surface area contributed by atoms with E-state index in [9.17, 15) is 13.2 Å². The molecule has 3 aromatic carbocycles. The van der Waals surface area contributed by atoms with Gasteiger partial charge in [-0.25, -0.2) is 0 Å². The van der Waals surface area contributed by atoms with E-state index in [1.807, 2.05) is 56.3 Å². The summed E-state index contributed by atoms with van der Waals surface area (Å²) in [5.41, 5.74) is 3.74. The number of hydrogen-bond donors (Lipinski definition) is 0. The normalized spacial score (nSPS) is 15.7. The van der Waals surface area contributed by atoms with Crippen LogP contribution in [0.15, 0.2) is 95.4 Å². The molecule has 10 heteroatoms. The van der Waals surface area contributed by atoms with Crippen LogP contribution < -0.4 is 0 Å². The first kappa shape index (κ1) is 29.5. The summed E-state index contributed by atoms with van der Waals surface area (Å²) >= 11 is 0. The van der Waals surface area contributed by atoms with Crippen LogP contribution in [0.2, 0.25) is 0 Å². The standard InChI is InChI=1S/C34H33F3N6O/c1-24-9-6-10-25(2)31(24)43-33(38-39-40-43)32(30-17-16-29(44-30)27-14-7-15-28(23-27)34(35,36)37)42-21-19-41(20-22-42)18-8-13-26-11-4-3-5-12-26/h3-17,23,32H,18-22H2,1-2H3/b13-8+/t32-/m0/s1. The first-order chi connectivity index (χ1) is 21.3. The Morgan fingerprint density at radius 1 is 0.864 bits per heavy atom. The van der Waals surface area contributed by atoms with Crippen molar-refractivity contribution in [2.45, 2.75) is 26.1 Å². The molecule has 44 heavy (non-hydrogen) atoms. The number of para-hydroxylation sites is 1. The molecule has 7 nitrogen and oxygen atoms in total. The van der Waals surface area contributed by atoms with Gasteiger partial charge in [0.1, 0.15) is 17.6 Å². The maximum Gasteiger partial charge on any atom is 0.416 e. The number of benzene rings is 3. The Bertz CT molecular complexity index is 1720. The van der Waals surface area contributed by atoms with Crippen LogP contribution in [0, 0.1) is 13.8 Å². The molecule has 0 bridgehead atoms. The Morgan fingerprint density at radius 3 is 2.32 bits per heavy atom. The molecule has 0 unspecified atom stereocenters. The number of hydrogen-bond acceptors (Lipinski definition) is 6. The highest BCUT2D eigenvalue weighted by atomic mass is 19.4. The highest BCUT2D eigenvalue weighted by Gasteiger charge is 2.34. The predicted octanol–water partition coefficient (Wildman–Crippen LogP) is 6.98. The van der Waals surface area contributed by atoms with Crippen molar-refractivity contribution in [2.75, 3.05) is 32.7 Å². The highest BCUT2D eigenvalue weighted by molar-refractivity contribution is 5.59. The molecule has 6 rings (SSSR count). The van der Waals surface area contributed by atoms with Crippen molar-refractivity contribution in [2.24, 2.45) is 0 Å². The van der Waals surface area contributed by atoms with Crippen LogP contribution in [0.25, 0.3) is 23.1 Å². The number of halogens is 3. The summed E-state index contributed by atoms with van der Waals surface area (Å²) < 4.78 is 48.4. The maximum absolute atomic E-state index is 13.4. The largest absolute Gasteiger partial charge is 0.459 e. The van der Waals surface area contributed by atoms with Crippen molar-refractivity contribution in [3.63, 3.8) is 0 Å². The zero-order valence-corrected chi connectivity index (χ0v) is 24.6. The Hall–Kier alpha value is -4.54. The van der Waals surface area contributed by atoms with Crippen molar-refractivity contribution in [3.8, 4) is 17.0 Å². The minimum Gasteiger partial charge on any atom is -0.459 e. The second-order valence-electron chi connectivity index (χ2n) is 11.0. The summed E-state index contributed by atoms with van der Waals surface area (Å²) in [6.07, 6.45) is -0.138. The van der Waals surface area contributed by atoms with E-state index < -0.39 is 17.8 Å². The van der Waals surface area contributed by atoms with Gasteiger partial charge in [-0.05, 0) is 65.2 Å². The second-order valence-corrected chi connectivity index (χ2v) is 11.0. The van der Waals surface area contributed by atoms with Gasteiger partial charge in [0.15, 0.2) is 5.82 Å². The van der Waals surface area contributed by atoms with Crippen molar-refractivity contribution in [1.82, 2.24) is 30.0 Å². The number of aryl methyl sites for hydroxylation is 2. The lowest BCUT2D eigenvalue weighted by molar-refractivity contribution is -0.137. The Kier molecular flexibility index (Phi) is 8.45. The fraction of sp³-hybridized carbons (Fsp3) is 0.265. The van der Waals surface area contributed by atoms with Crippen LogP contribution in [0.4, 0.5) is 13.2 Å². The van der Waals surface area contributed by atoms with Crippen LogP contribution in [-0.2, 0) is 6.18 Å². The molecule has 0 N–H and O–H groups in total. The molecule has 1 aliphatic rings. The first-order valence-corrected chi connectivity index (χ1v) is 14.6. The Balaban J connectivity index is 1.30. The number of rotatable bonds is 8. The lowest BCUT2D eigenvalue weighted by atomic mass is 10.1. The molecule has 5 aromatic rings. The third kappa shape index (κ3) is 6.36. The van der Waals surface area contributed by atoms with Gasteiger partial charge in [-0.1, -0.05) is 72.8 Å². The molecular weight excluding hydrogens is 565 g/mol. The number of alkyl halides is 3. The fourth-order valence-electron chi connectivity index (χ4n) is 5.74. The summed E-state index contributed by atoms with van der Waals surface area (Å²) in [5.74, 6) is 1.51. The topological polar surface area (TPSA) is 63.2 Å². The van der Waals surface area contributed by atoms with E-state index in [-0.39, 0.29) is 0 Å². The monoisotopic (exact) mass is 598 g/mol. The molecule has 1 atom stereocenters. The maximum atomic E-state index is 13.4. The molecule has 226 valence electrons. The fourth-order valence-corrected chi connectivity index (χ4v) is 5.74. The molecule has 0 saturated carbocycles. The molecule has 0 radical (unpaired) electrons. The third-order valence-electron chi connectivity index (χ3n) is 8.01. The third-order valence-corrected chi connectivity index (χ3v) is 8.01. The molecule has 0 spiro atoms. The van der Waals surface area contributed by atoms with Gasteiger partial charge < -0.3 is 4.42 Å². The van der Waals surface area contributed by atoms with Crippen molar-refractivity contribution in [3.05, 3.63) is 125 Å². The Labute approximate surface area is 254 Å². The van der Waals surface area contributed by atoms with Gasteiger partial charge in [-0.3, -0.25) is 9.80 Å².